The maximum absolute atomic E-state index is 13.6. The third-order valence-electron chi connectivity index (χ3n) is 4.69. The summed E-state index contributed by atoms with van der Waals surface area (Å²) in [6.07, 6.45) is 0.419. The first-order valence-corrected chi connectivity index (χ1v) is 10.1. The Morgan fingerprint density at radius 1 is 1.14 bits per heavy atom. The molecule has 1 aromatic rings. The van der Waals surface area contributed by atoms with Crippen molar-refractivity contribution < 1.29 is 23.9 Å². The van der Waals surface area contributed by atoms with Gasteiger partial charge in [-0.25, -0.2) is 4.90 Å². The number of anilines is 1. The summed E-state index contributed by atoms with van der Waals surface area (Å²) in [6, 6.07) is 4.89. The average molecular weight is 418 g/mol. The molecule has 0 fully saturated rings. The first kappa shape index (κ1) is 20.8. The van der Waals surface area contributed by atoms with Gasteiger partial charge >= 0.3 is 0 Å². The van der Waals surface area contributed by atoms with Gasteiger partial charge in [-0.05, 0) is 30.0 Å². The summed E-state index contributed by atoms with van der Waals surface area (Å²) < 4.78 is 5.30. The molecular weight excluding hydrogens is 396 g/mol. The number of fused-ring (bicyclic) bond motifs is 2. The number of carbonyl (C=O) groups excluding carboxylic acids is 4. The van der Waals surface area contributed by atoms with Crippen molar-refractivity contribution in [3.05, 3.63) is 23.8 Å². The molecule has 0 saturated carbocycles. The van der Waals surface area contributed by atoms with Gasteiger partial charge in [-0.2, -0.15) is 5.01 Å². The van der Waals surface area contributed by atoms with E-state index in [9.17, 15) is 19.2 Å². The minimum Gasteiger partial charge on any atom is -0.497 e. The molecule has 0 bridgehead atoms. The van der Waals surface area contributed by atoms with Crippen molar-refractivity contribution in [3.8, 4) is 5.75 Å². The van der Waals surface area contributed by atoms with Gasteiger partial charge < -0.3 is 10.1 Å². The van der Waals surface area contributed by atoms with Crippen molar-refractivity contribution >= 4 is 46.2 Å². The molecule has 2 heterocycles. The molecular formula is C19H22N4O5S. The number of nitrogens with one attached hydrogen (secondary N) is 1. The Bertz CT molecular complexity index is 931. The van der Waals surface area contributed by atoms with Gasteiger partial charge in [0, 0.05) is 24.8 Å². The van der Waals surface area contributed by atoms with Crippen LogP contribution in [0.25, 0.3) is 0 Å². The van der Waals surface area contributed by atoms with Crippen molar-refractivity contribution in [2.75, 3.05) is 12.0 Å². The molecule has 2 aliphatic heterocycles. The van der Waals surface area contributed by atoms with Crippen LogP contribution in [0.3, 0.4) is 0 Å². The molecule has 4 amide bonds. The van der Waals surface area contributed by atoms with Crippen LogP contribution >= 0.6 is 11.8 Å². The number of carbonyl (C=O) groups is 4. The Kier molecular flexibility index (Phi) is 5.65. The third kappa shape index (κ3) is 3.17. The Morgan fingerprint density at radius 2 is 1.83 bits per heavy atom. The van der Waals surface area contributed by atoms with Gasteiger partial charge in [0.05, 0.1) is 12.8 Å². The lowest BCUT2D eigenvalue weighted by Gasteiger charge is -2.29. The first-order valence-electron chi connectivity index (χ1n) is 9.30. The second kappa shape index (κ2) is 7.86. The van der Waals surface area contributed by atoms with E-state index < -0.39 is 22.6 Å². The van der Waals surface area contributed by atoms with E-state index in [-0.39, 0.29) is 30.3 Å². The largest absolute Gasteiger partial charge is 0.497 e. The number of benzene rings is 1. The number of nitrogens with zero attached hydrogens (tertiary/aromatic N) is 3. The summed E-state index contributed by atoms with van der Waals surface area (Å²) in [6.45, 7) is 4.99. The van der Waals surface area contributed by atoms with Crippen LogP contribution in [0.2, 0.25) is 0 Å². The number of hydrogen-bond acceptors (Lipinski definition) is 7. The fourth-order valence-corrected chi connectivity index (χ4v) is 4.45. The molecule has 0 unspecified atom stereocenters. The predicted octanol–water partition coefficient (Wildman–Crippen LogP) is 1.91. The number of rotatable bonds is 4. The average Bonchev–Trinajstić information content (AvgIpc) is 3.23. The standard InChI is InChI=1S/C19H22N4O5S/c1-5-14(24)20-18-21-23(16(26)7-3)19(29-18)12-10-11(28-4)8-9-13(12)22(17(19)27)15(25)6-2/h8-10H,5-7H2,1-4H3,(H,20,21,24)/t19-/m1/s1. The molecule has 10 heteroatoms. The van der Waals surface area contributed by atoms with E-state index in [0.717, 1.165) is 21.7 Å². The Morgan fingerprint density at radius 3 is 2.41 bits per heavy atom. The summed E-state index contributed by atoms with van der Waals surface area (Å²) in [5.41, 5.74) is 0.794. The normalized spacial score (nSPS) is 20.0. The van der Waals surface area contributed by atoms with Gasteiger partial charge in [0.15, 0.2) is 5.17 Å². The van der Waals surface area contributed by atoms with E-state index in [1.165, 1.54) is 7.11 Å². The monoisotopic (exact) mass is 418 g/mol. The molecule has 0 radical (unpaired) electrons. The van der Waals surface area contributed by atoms with Crippen LogP contribution in [0.1, 0.15) is 45.6 Å². The molecule has 2 aliphatic rings. The second-order valence-corrected chi connectivity index (χ2v) is 7.56. The fraction of sp³-hybridized carbons (Fsp3) is 0.421. The highest BCUT2D eigenvalue weighted by Gasteiger charge is 2.62. The zero-order valence-electron chi connectivity index (χ0n) is 16.6. The molecule has 29 heavy (non-hydrogen) atoms. The summed E-state index contributed by atoms with van der Waals surface area (Å²) in [5, 5.41) is 8.07. The number of ether oxygens (including phenoxy) is 1. The van der Waals surface area contributed by atoms with E-state index in [1.54, 1.807) is 39.0 Å². The van der Waals surface area contributed by atoms with Crippen LogP contribution in [0.4, 0.5) is 5.69 Å². The van der Waals surface area contributed by atoms with Crippen molar-refractivity contribution in [2.24, 2.45) is 5.10 Å². The van der Waals surface area contributed by atoms with E-state index in [2.05, 4.69) is 10.4 Å². The quantitative estimate of drug-likeness (QED) is 0.800. The third-order valence-corrected chi connectivity index (χ3v) is 5.93. The highest BCUT2D eigenvalue weighted by atomic mass is 32.2. The lowest BCUT2D eigenvalue weighted by molar-refractivity contribution is -0.141. The van der Waals surface area contributed by atoms with Crippen molar-refractivity contribution in [2.45, 2.75) is 44.9 Å². The molecule has 1 N–H and O–H groups in total. The maximum Gasteiger partial charge on any atom is 0.277 e. The van der Waals surface area contributed by atoms with E-state index in [0.29, 0.717) is 17.0 Å². The minimum absolute atomic E-state index is 0.0924. The van der Waals surface area contributed by atoms with Gasteiger partial charge in [-0.1, -0.05) is 20.8 Å². The van der Waals surface area contributed by atoms with Crippen LogP contribution in [-0.2, 0) is 24.0 Å². The molecule has 1 atom stereocenters. The summed E-state index contributed by atoms with van der Waals surface area (Å²) in [7, 11) is 1.49. The van der Waals surface area contributed by atoms with Crippen molar-refractivity contribution in [1.29, 1.82) is 0 Å². The highest BCUT2D eigenvalue weighted by Crippen LogP contribution is 2.55. The summed E-state index contributed by atoms with van der Waals surface area (Å²) >= 11 is 0.942. The Balaban J connectivity index is 2.20. The highest BCUT2D eigenvalue weighted by molar-refractivity contribution is 8.15. The zero-order chi connectivity index (χ0) is 21.3. The number of hydrogen-bond donors (Lipinski definition) is 1. The Labute approximate surface area is 172 Å². The second-order valence-electron chi connectivity index (χ2n) is 6.38. The van der Waals surface area contributed by atoms with Gasteiger partial charge in [0.2, 0.25) is 22.6 Å². The van der Waals surface area contributed by atoms with Crippen molar-refractivity contribution in [3.63, 3.8) is 0 Å². The summed E-state index contributed by atoms with van der Waals surface area (Å²) in [5.74, 6) is -1.23. The number of methoxy groups -OCH3 is 1. The SMILES string of the molecule is CCC(=O)NC1=NN(C(=O)CC)[C@]2(S1)C(=O)N(C(=O)CC)c1ccc(OC)cc12. The van der Waals surface area contributed by atoms with Crippen LogP contribution < -0.4 is 15.0 Å². The molecule has 1 spiro atoms. The molecule has 1 aromatic carbocycles. The van der Waals surface area contributed by atoms with Crippen molar-refractivity contribution in [1.82, 2.24) is 10.3 Å². The van der Waals surface area contributed by atoms with Gasteiger partial charge in [-0.15, -0.1) is 5.10 Å². The first-order chi connectivity index (χ1) is 13.8. The molecule has 0 aliphatic carbocycles. The lowest BCUT2D eigenvalue weighted by atomic mass is 10.1. The molecule has 9 nitrogen and oxygen atoms in total. The maximum atomic E-state index is 13.6. The van der Waals surface area contributed by atoms with Gasteiger partial charge in [-0.3, -0.25) is 19.2 Å². The van der Waals surface area contributed by atoms with Crippen LogP contribution in [0, 0.1) is 0 Å². The molecule has 0 aromatic heterocycles. The number of amidine groups is 1. The van der Waals surface area contributed by atoms with Gasteiger partial charge in [0.1, 0.15) is 5.75 Å². The van der Waals surface area contributed by atoms with Crippen LogP contribution in [0.5, 0.6) is 5.75 Å². The smallest absolute Gasteiger partial charge is 0.277 e. The number of hydrazone groups is 1. The fourth-order valence-electron chi connectivity index (χ4n) is 3.20. The molecule has 3 rings (SSSR count). The predicted molar refractivity (Wildman–Crippen MR) is 108 cm³/mol. The molecule has 0 saturated heterocycles. The topological polar surface area (TPSA) is 108 Å². The number of thioether (sulfide) groups is 1. The van der Waals surface area contributed by atoms with E-state index >= 15 is 0 Å². The Hall–Kier alpha value is -2.88. The molecule has 154 valence electrons. The van der Waals surface area contributed by atoms with Crippen LogP contribution in [-0.4, -0.2) is 40.9 Å². The lowest BCUT2D eigenvalue weighted by Crippen LogP contribution is -2.50. The number of imide groups is 1. The number of amides is 4. The van der Waals surface area contributed by atoms with Gasteiger partial charge in [0.25, 0.3) is 5.91 Å². The summed E-state index contributed by atoms with van der Waals surface area (Å²) in [4.78, 5) is 50.3. The minimum atomic E-state index is -1.61. The van der Waals surface area contributed by atoms with E-state index in [1.807, 2.05) is 0 Å². The zero-order valence-corrected chi connectivity index (χ0v) is 17.5. The van der Waals surface area contributed by atoms with Crippen LogP contribution in [0.15, 0.2) is 23.3 Å². The van der Waals surface area contributed by atoms with E-state index in [4.69, 9.17) is 4.74 Å².